The van der Waals surface area contributed by atoms with E-state index in [1.807, 2.05) is 22.9 Å². The minimum absolute atomic E-state index is 0.0316. The van der Waals surface area contributed by atoms with Crippen LogP contribution in [0.25, 0.3) is 10.2 Å². The zero-order valence-corrected chi connectivity index (χ0v) is 15.3. The number of hydrogen-bond donors (Lipinski definition) is 1. The number of rotatable bonds is 6. The van der Waals surface area contributed by atoms with E-state index in [0.717, 1.165) is 15.2 Å². The van der Waals surface area contributed by atoms with Gasteiger partial charge in [0.25, 0.3) is 0 Å². The number of thiophene rings is 2. The molecule has 1 N–H and O–H groups in total. The lowest BCUT2D eigenvalue weighted by Gasteiger charge is -2.21. The van der Waals surface area contributed by atoms with Gasteiger partial charge in [-0.25, -0.2) is 9.97 Å². The van der Waals surface area contributed by atoms with Crippen LogP contribution < -0.4 is 5.32 Å². The Morgan fingerprint density at radius 2 is 2.13 bits per heavy atom. The molecule has 1 unspecified atom stereocenters. The van der Waals surface area contributed by atoms with Crippen molar-refractivity contribution in [1.29, 1.82) is 0 Å². The number of aromatic nitrogens is 2. The standard InChI is InChI=1S/C16H17N3OS3/c1-10(2)14(12-4-3-6-21-12)19-13(20)8-23-16-11-5-7-22-15(11)17-9-18-16/h3-7,9-10,14H,8H2,1-2H3,(H,19,20). The minimum atomic E-state index is 0.0316. The van der Waals surface area contributed by atoms with Crippen molar-refractivity contribution in [2.75, 3.05) is 5.75 Å². The first-order valence-corrected chi connectivity index (χ1v) is 10.0. The number of nitrogens with one attached hydrogen (secondary N) is 1. The van der Waals surface area contributed by atoms with Crippen molar-refractivity contribution in [3.8, 4) is 0 Å². The SMILES string of the molecule is CC(C)C(NC(=O)CSc1ncnc2sccc12)c1cccs1. The van der Waals surface area contributed by atoms with E-state index in [-0.39, 0.29) is 11.9 Å². The van der Waals surface area contributed by atoms with Crippen LogP contribution in [0.5, 0.6) is 0 Å². The van der Waals surface area contributed by atoms with Gasteiger partial charge in [0.15, 0.2) is 0 Å². The zero-order chi connectivity index (χ0) is 16.2. The Morgan fingerprint density at radius 3 is 2.87 bits per heavy atom. The smallest absolute Gasteiger partial charge is 0.230 e. The number of thioether (sulfide) groups is 1. The topological polar surface area (TPSA) is 54.9 Å². The summed E-state index contributed by atoms with van der Waals surface area (Å²) in [4.78, 5) is 23.0. The largest absolute Gasteiger partial charge is 0.347 e. The van der Waals surface area contributed by atoms with E-state index in [0.29, 0.717) is 11.7 Å². The fourth-order valence-corrected chi connectivity index (χ4v) is 4.81. The van der Waals surface area contributed by atoms with Crippen molar-refractivity contribution in [2.24, 2.45) is 5.92 Å². The number of carbonyl (C=O) groups excluding carboxylic acids is 1. The van der Waals surface area contributed by atoms with Crippen molar-refractivity contribution < 1.29 is 4.79 Å². The Balaban J connectivity index is 1.64. The zero-order valence-electron chi connectivity index (χ0n) is 12.9. The third kappa shape index (κ3) is 3.91. The van der Waals surface area contributed by atoms with Crippen molar-refractivity contribution >= 4 is 50.6 Å². The first-order chi connectivity index (χ1) is 11.1. The first-order valence-electron chi connectivity index (χ1n) is 7.29. The van der Waals surface area contributed by atoms with Crippen molar-refractivity contribution in [3.05, 3.63) is 40.2 Å². The van der Waals surface area contributed by atoms with Gasteiger partial charge in [0.2, 0.25) is 5.91 Å². The Hall–Kier alpha value is -1.44. The molecular weight excluding hydrogens is 346 g/mol. The van der Waals surface area contributed by atoms with Crippen LogP contribution in [0.3, 0.4) is 0 Å². The van der Waals surface area contributed by atoms with Gasteiger partial charge >= 0.3 is 0 Å². The molecule has 1 atom stereocenters. The molecule has 3 heterocycles. The van der Waals surface area contributed by atoms with E-state index in [2.05, 4.69) is 35.2 Å². The van der Waals surface area contributed by atoms with Crippen LogP contribution in [0.4, 0.5) is 0 Å². The monoisotopic (exact) mass is 363 g/mol. The lowest BCUT2D eigenvalue weighted by atomic mass is 10.0. The molecule has 120 valence electrons. The summed E-state index contributed by atoms with van der Waals surface area (Å²) in [5, 5.41) is 9.06. The summed E-state index contributed by atoms with van der Waals surface area (Å²) < 4.78 is 0. The molecule has 0 aliphatic carbocycles. The highest BCUT2D eigenvalue weighted by Gasteiger charge is 2.19. The molecule has 3 rings (SSSR count). The summed E-state index contributed by atoms with van der Waals surface area (Å²) in [5.74, 6) is 0.741. The molecule has 0 aliphatic heterocycles. The van der Waals surface area contributed by atoms with Crippen LogP contribution in [0.2, 0.25) is 0 Å². The average Bonchev–Trinajstić information content (AvgIpc) is 3.21. The molecule has 0 spiro atoms. The maximum Gasteiger partial charge on any atom is 0.230 e. The van der Waals surface area contributed by atoms with Gasteiger partial charge in [0.1, 0.15) is 16.2 Å². The maximum absolute atomic E-state index is 12.3. The summed E-state index contributed by atoms with van der Waals surface area (Å²) in [6, 6.07) is 6.16. The average molecular weight is 364 g/mol. The van der Waals surface area contributed by atoms with Gasteiger partial charge in [-0.05, 0) is 28.8 Å². The number of carbonyl (C=O) groups is 1. The molecule has 0 aliphatic rings. The first kappa shape index (κ1) is 16.4. The van der Waals surface area contributed by atoms with Crippen LogP contribution in [0.1, 0.15) is 24.8 Å². The molecule has 0 fully saturated rings. The maximum atomic E-state index is 12.3. The molecular formula is C16H17N3OS3. The van der Waals surface area contributed by atoms with Crippen molar-refractivity contribution in [1.82, 2.24) is 15.3 Å². The normalized spacial score (nSPS) is 12.7. The van der Waals surface area contributed by atoms with Crippen LogP contribution in [-0.4, -0.2) is 21.6 Å². The van der Waals surface area contributed by atoms with E-state index < -0.39 is 0 Å². The summed E-state index contributed by atoms with van der Waals surface area (Å²) >= 11 is 4.72. The number of amides is 1. The van der Waals surface area contributed by atoms with E-state index >= 15 is 0 Å². The molecule has 0 saturated carbocycles. The van der Waals surface area contributed by atoms with Crippen LogP contribution in [0.15, 0.2) is 40.3 Å². The van der Waals surface area contributed by atoms with Gasteiger partial charge in [0.05, 0.1) is 11.8 Å². The van der Waals surface area contributed by atoms with E-state index in [9.17, 15) is 4.79 Å². The van der Waals surface area contributed by atoms with Crippen LogP contribution in [-0.2, 0) is 4.79 Å². The van der Waals surface area contributed by atoms with Crippen LogP contribution >= 0.6 is 34.4 Å². The molecule has 0 bridgehead atoms. The second-order valence-electron chi connectivity index (χ2n) is 5.41. The summed E-state index contributed by atoms with van der Waals surface area (Å²) in [6.07, 6.45) is 1.56. The van der Waals surface area contributed by atoms with Crippen molar-refractivity contribution in [3.63, 3.8) is 0 Å². The van der Waals surface area contributed by atoms with Gasteiger partial charge in [-0.15, -0.1) is 22.7 Å². The van der Waals surface area contributed by atoms with Gasteiger partial charge in [-0.3, -0.25) is 4.79 Å². The Morgan fingerprint density at radius 1 is 1.26 bits per heavy atom. The molecule has 23 heavy (non-hydrogen) atoms. The summed E-state index contributed by atoms with van der Waals surface area (Å²) in [7, 11) is 0. The van der Waals surface area contributed by atoms with Gasteiger partial charge < -0.3 is 5.32 Å². The Kier molecular flexibility index (Phi) is 5.30. The lowest BCUT2D eigenvalue weighted by molar-refractivity contribution is -0.119. The summed E-state index contributed by atoms with van der Waals surface area (Å²) in [5.41, 5.74) is 0. The number of hydrogen-bond acceptors (Lipinski definition) is 6. The molecule has 3 aromatic heterocycles. The lowest BCUT2D eigenvalue weighted by Crippen LogP contribution is -2.32. The van der Waals surface area contributed by atoms with Crippen molar-refractivity contribution in [2.45, 2.75) is 24.9 Å². The fourth-order valence-electron chi connectivity index (χ4n) is 2.27. The Bertz CT molecular complexity index is 783. The molecule has 3 aromatic rings. The molecule has 0 aromatic carbocycles. The predicted octanol–water partition coefficient (Wildman–Crippen LogP) is 4.36. The highest BCUT2D eigenvalue weighted by atomic mass is 32.2. The molecule has 1 amide bonds. The third-order valence-corrected chi connectivity index (χ3v) is 6.18. The molecule has 0 saturated heterocycles. The highest BCUT2D eigenvalue weighted by molar-refractivity contribution is 8.00. The van der Waals surface area contributed by atoms with Gasteiger partial charge in [-0.2, -0.15) is 0 Å². The van der Waals surface area contributed by atoms with E-state index in [1.54, 1.807) is 29.0 Å². The second kappa shape index (κ2) is 7.42. The molecule has 7 heteroatoms. The Labute approximate surface area is 147 Å². The predicted molar refractivity (Wildman–Crippen MR) is 98.2 cm³/mol. The van der Waals surface area contributed by atoms with E-state index in [1.165, 1.54) is 16.6 Å². The fraction of sp³-hybridized carbons (Fsp3) is 0.312. The molecule has 0 radical (unpaired) electrons. The number of fused-ring (bicyclic) bond motifs is 1. The summed E-state index contributed by atoms with van der Waals surface area (Å²) in [6.45, 7) is 4.24. The molecule has 4 nitrogen and oxygen atoms in total. The highest BCUT2D eigenvalue weighted by Crippen LogP contribution is 2.29. The minimum Gasteiger partial charge on any atom is -0.347 e. The van der Waals surface area contributed by atoms with Gasteiger partial charge in [-0.1, -0.05) is 31.7 Å². The van der Waals surface area contributed by atoms with Gasteiger partial charge in [0, 0.05) is 10.3 Å². The van der Waals surface area contributed by atoms with Crippen LogP contribution in [0, 0.1) is 5.92 Å². The second-order valence-corrected chi connectivity index (χ2v) is 8.25. The third-order valence-electron chi connectivity index (χ3n) is 3.40. The van der Waals surface area contributed by atoms with E-state index in [4.69, 9.17) is 0 Å². The quantitative estimate of drug-likeness (QED) is 0.522. The number of nitrogens with zero attached hydrogens (tertiary/aromatic N) is 2.